The van der Waals surface area contributed by atoms with Gasteiger partial charge in [-0.25, -0.2) is 4.68 Å². The van der Waals surface area contributed by atoms with Crippen LogP contribution < -0.4 is 10.9 Å². The Balaban J connectivity index is 2.09. The molecule has 1 N–H and O–H groups in total. The molecule has 106 valence electrons. The lowest BCUT2D eigenvalue weighted by molar-refractivity contribution is 0.182. The number of aromatic nitrogens is 2. The van der Waals surface area contributed by atoms with Crippen molar-refractivity contribution in [3.05, 3.63) is 21.6 Å². The monoisotopic (exact) mass is 303 g/mol. The molecule has 0 aliphatic carbocycles. The molecule has 2 rings (SSSR count). The molecule has 0 radical (unpaired) electrons. The third-order valence-electron chi connectivity index (χ3n) is 3.07. The number of methoxy groups -OCH3 is 1. The van der Waals surface area contributed by atoms with Crippen molar-refractivity contribution in [3.63, 3.8) is 0 Å². The van der Waals surface area contributed by atoms with Crippen molar-refractivity contribution in [2.75, 3.05) is 30.5 Å². The lowest BCUT2D eigenvalue weighted by Crippen LogP contribution is -2.29. The molecule has 1 aromatic heterocycles. The van der Waals surface area contributed by atoms with Crippen molar-refractivity contribution in [1.82, 2.24) is 9.78 Å². The minimum atomic E-state index is -0.270. The summed E-state index contributed by atoms with van der Waals surface area (Å²) in [6.45, 7) is 0.852. The van der Waals surface area contributed by atoms with Gasteiger partial charge < -0.3 is 10.1 Å². The van der Waals surface area contributed by atoms with Crippen LogP contribution in [0, 0.1) is 0 Å². The highest BCUT2D eigenvalue weighted by Crippen LogP contribution is 2.23. The number of anilines is 1. The van der Waals surface area contributed by atoms with Gasteiger partial charge in [-0.3, -0.25) is 4.79 Å². The average molecular weight is 304 g/mol. The molecule has 2 heterocycles. The van der Waals surface area contributed by atoms with Crippen molar-refractivity contribution in [3.8, 4) is 0 Å². The lowest BCUT2D eigenvalue weighted by Gasteiger charge is -2.23. The van der Waals surface area contributed by atoms with Gasteiger partial charge in [0, 0.05) is 13.2 Å². The summed E-state index contributed by atoms with van der Waals surface area (Å²) in [6.07, 6.45) is 3.81. The number of thioether (sulfide) groups is 1. The molecule has 0 atom stereocenters. The Hall–Kier alpha value is -0.720. The van der Waals surface area contributed by atoms with Crippen LogP contribution in [0.5, 0.6) is 0 Å². The summed E-state index contributed by atoms with van der Waals surface area (Å²) in [7, 11) is 1.59. The van der Waals surface area contributed by atoms with E-state index in [1.54, 1.807) is 13.3 Å². The minimum Gasteiger partial charge on any atom is -0.383 e. The van der Waals surface area contributed by atoms with Crippen LogP contribution in [0.25, 0.3) is 0 Å². The number of ether oxygens (including phenoxy) is 1. The third kappa shape index (κ3) is 3.87. The largest absolute Gasteiger partial charge is 0.383 e. The topological polar surface area (TPSA) is 56.1 Å². The van der Waals surface area contributed by atoms with E-state index in [-0.39, 0.29) is 10.6 Å². The molecule has 19 heavy (non-hydrogen) atoms. The van der Waals surface area contributed by atoms with Gasteiger partial charge in [-0.05, 0) is 24.3 Å². The quantitative estimate of drug-likeness (QED) is 0.899. The van der Waals surface area contributed by atoms with E-state index >= 15 is 0 Å². The second kappa shape index (κ2) is 7.17. The molecule has 1 aromatic rings. The second-order valence-electron chi connectivity index (χ2n) is 4.42. The van der Waals surface area contributed by atoms with E-state index in [2.05, 4.69) is 10.4 Å². The maximum atomic E-state index is 12.0. The van der Waals surface area contributed by atoms with Crippen LogP contribution in [-0.4, -0.2) is 41.0 Å². The fraction of sp³-hybridized carbons (Fsp3) is 0.667. The Morgan fingerprint density at radius 3 is 3.00 bits per heavy atom. The fourth-order valence-electron chi connectivity index (χ4n) is 1.96. The molecule has 0 amide bonds. The van der Waals surface area contributed by atoms with E-state index in [0.29, 0.717) is 24.9 Å². The van der Waals surface area contributed by atoms with E-state index < -0.39 is 0 Å². The molecule has 1 fully saturated rings. The normalized spacial score (nSPS) is 16.5. The summed E-state index contributed by atoms with van der Waals surface area (Å²) >= 11 is 8.07. The summed E-state index contributed by atoms with van der Waals surface area (Å²) < 4.78 is 6.26. The minimum absolute atomic E-state index is 0.212. The number of hydrogen-bond donors (Lipinski definition) is 1. The standard InChI is InChI=1S/C12H18ClN3O2S/c1-18-5-4-16-12(17)11(13)10(8-14-16)15-9-2-6-19-7-3-9/h8-9,15H,2-7H2,1H3. The van der Waals surface area contributed by atoms with Crippen LogP contribution >= 0.6 is 23.4 Å². The predicted molar refractivity (Wildman–Crippen MR) is 79.4 cm³/mol. The van der Waals surface area contributed by atoms with Crippen LogP contribution in [0.3, 0.4) is 0 Å². The molecule has 0 unspecified atom stereocenters. The van der Waals surface area contributed by atoms with Crippen molar-refractivity contribution in [2.24, 2.45) is 0 Å². The Labute approximate surface area is 121 Å². The van der Waals surface area contributed by atoms with Gasteiger partial charge in [0.2, 0.25) is 0 Å². The summed E-state index contributed by atoms with van der Waals surface area (Å²) in [5.74, 6) is 2.29. The zero-order valence-electron chi connectivity index (χ0n) is 10.9. The van der Waals surface area contributed by atoms with Gasteiger partial charge in [0.25, 0.3) is 5.56 Å². The molecular weight excluding hydrogens is 286 g/mol. The zero-order valence-corrected chi connectivity index (χ0v) is 12.5. The highest BCUT2D eigenvalue weighted by molar-refractivity contribution is 7.99. The number of nitrogens with zero attached hydrogens (tertiary/aromatic N) is 2. The van der Waals surface area contributed by atoms with Crippen molar-refractivity contribution >= 4 is 29.1 Å². The SMILES string of the molecule is COCCn1ncc(NC2CCSCC2)c(Cl)c1=O. The van der Waals surface area contributed by atoms with Gasteiger partial charge >= 0.3 is 0 Å². The molecule has 7 heteroatoms. The highest BCUT2D eigenvalue weighted by atomic mass is 35.5. The molecule has 0 aromatic carbocycles. The van der Waals surface area contributed by atoms with Gasteiger partial charge in [-0.15, -0.1) is 0 Å². The van der Waals surface area contributed by atoms with Gasteiger partial charge in [0.15, 0.2) is 0 Å². The Kier molecular flexibility index (Phi) is 5.54. The van der Waals surface area contributed by atoms with Crippen molar-refractivity contribution in [1.29, 1.82) is 0 Å². The van der Waals surface area contributed by atoms with E-state index in [0.717, 1.165) is 24.3 Å². The molecule has 1 aliphatic rings. The number of rotatable bonds is 5. The third-order valence-corrected chi connectivity index (χ3v) is 4.49. The number of nitrogens with one attached hydrogen (secondary N) is 1. The number of halogens is 1. The Morgan fingerprint density at radius 2 is 2.32 bits per heavy atom. The van der Waals surface area contributed by atoms with Gasteiger partial charge in [0.05, 0.1) is 25.0 Å². The second-order valence-corrected chi connectivity index (χ2v) is 6.03. The van der Waals surface area contributed by atoms with Crippen LogP contribution in [0.15, 0.2) is 11.0 Å². The van der Waals surface area contributed by atoms with Crippen molar-refractivity contribution in [2.45, 2.75) is 25.4 Å². The fourth-order valence-corrected chi connectivity index (χ4v) is 3.27. The summed E-state index contributed by atoms with van der Waals surface area (Å²) in [5.41, 5.74) is 0.367. The van der Waals surface area contributed by atoms with Crippen LogP contribution in [0.1, 0.15) is 12.8 Å². The molecular formula is C12H18ClN3O2S. The first kappa shape index (κ1) is 14.7. The molecule has 0 saturated carbocycles. The molecule has 1 aliphatic heterocycles. The first-order chi connectivity index (χ1) is 9.22. The Morgan fingerprint density at radius 1 is 1.58 bits per heavy atom. The zero-order chi connectivity index (χ0) is 13.7. The molecule has 0 bridgehead atoms. The van der Waals surface area contributed by atoms with E-state index in [1.165, 1.54) is 4.68 Å². The maximum Gasteiger partial charge on any atom is 0.287 e. The number of hydrogen-bond acceptors (Lipinski definition) is 5. The van der Waals surface area contributed by atoms with Crippen LogP contribution in [0.2, 0.25) is 5.02 Å². The summed E-state index contributed by atoms with van der Waals surface area (Å²) in [6, 6.07) is 0.384. The lowest BCUT2D eigenvalue weighted by atomic mass is 10.1. The maximum absolute atomic E-state index is 12.0. The highest BCUT2D eigenvalue weighted by Gasteiger charge is 2.16. The Bertz CT molecular complexity index is 475. The predicted octanol–water partition coefficient (Wildman–Crippen LogP) is 1.85. The summed E-state index contributed by atoms with van der Waals surface area (Å²) in [4.78, 5) is 12.0. The molecule has 5 nitrogen and oxygen atoms in total. The average Bonchev–Trinajstić information content (AvgIpc) is 2.44. The van der Waals surface area contributed by atoms with Gasteiger partial charge in [0.1, 0.15) is 5.02 Å². The smallest absolute Gasteiger partial charge is 0.287 e. The molecule has 0 spiro atoms. The van der Waals surface area contributed by atoms with E-state index in [4.69, 9.17) is 16.3 Å². The van der Waals surface area contributed by atoms with Gasteiger partial charge in [-0.1, -0.05) is 11.6 Å². The first-order valence-electron chi connectivity index (χ1n) is 6.31. The van der Waals surface area contributed by atoms with Crippen LogP contribution in [0.4, 0.5) is 5.69 Å². The first-order valence-corrected chi connectivity index (χ1v) is 7.84. The van der Waals surface area contributed by atoms with E-state index in [1.807, 2.05) is 11.8 Å². The van der Waals surface area contributed by atoms with Gasteiger partial charge in [-0.2, -0.15) is 16.9 Å². The summed E-state index contributed by atoms with van der Waals surface area (Å²) in [5, 5.41) is 7.65. The molecule has 1 saturated heterocycles. The van der Waals surface area contributed by atoms with Crippen LogP contribution in [-0.2, 0) is 11.3 Å². The van der Waals surface area contributed by atoms with Crippen molar-refractivity contribution < 1.29 is 4.74 Å². The van der Waals surface area contributed by atoms with E-state index in [9.17, 15) is 4.79 Å².